The van der Waals surface area contributed by atoms with Gasteiger partial charge in [-0.25, -0.2) is 22.9 Å². The predicted molar refractivity (Wildman–Crippen MR) is 127 cm³/mol. The highest BCUT2D eigenvalue weighted by Crippen LogP contribution is 2.25. The minimum absolute atomic E-state index is 0. The zero-order valence-electron chi connectivity index (χ0n) is 19.6. The number of nitrogens with one attached hydrogen (secondary N) is 1. The molecule has 1 amide bonds. The summed E-state index contributed by atoms with van der Waals surface area (Å²) < 4.78 is 35.2. The molecule has 11 heteroatoms. The van der Waals surface area contributed by atoms with E-state index in [-0.39, 0.29) is 35.4 Å². The number of nitrogens with zero attached hydrogens (tertiary/aromatic N) is 3. The highest BCUT2D eigenvalue weighted by atomic mass is 35.5. The average Bonchev–Trinajstić information content (AvgIpc) is 3.04. The highest BCUT2D eigenvalue weighted by Gasteiger charge is 2.33. The summed E-state index contributed by atoms with van der Waals surface area (Å²) in [6.45, 7) is 7.31. The summed E-state index contributed by atoms with van der Waals surface area (Å²) in [7, 11) is 0. The fourth-order valence-corrected chi connectivity index (χ4v) is 4.89. The van der Waals surface area contributed by atoms with Gasteiger partial charge in [-0.2, -0.15) is 0 Å². The molecule has 4 rings (SSSR count). The first kappa shape index (κ1) is 26.6. The molecule has 2 aliphatic rings. The second-order valence-electron chi connectivity index (χ2n) is 9.58. The third-order valence-electron chi connectivity index (χ3n) is 6.83. The van der Waals surface area contributed by atoms with Gasteiger partial charge in [-0.05, 0) is 45.7 Å². The van der Waals surface area contributed by atoms with Crippen LogP contribution < -0.4 is 11.0 Å². The lowest BCUT2D eigenvalue weighted by molar-refractivity contribution is -0.0829. The standard InChI is InChI=1S/C23H32F2N4O4.ClH/c1-15(2)28-19-11-17(24)18(25)12-20(19)29(22(28)31)21(30)26-13-16-3-7-27(8-4-16)14-23(32)5-9-33-10-6-23;/h11-12,15-16,32H,3-10,13-14H2,1-2H3,(H,26,30);1H. The van der Waals surface area contributed by atoms with Crippen LogP contribution in [0.4, 0.5) is 13.6 Å². The molecule has 2 fully saturated rings. The first-order valence-corrected chi connectivity index (χ1v) is 11.6. The topological polar surface area (TPSA) is 88.7 Å². The number of carbonyl (C=O) groups is 1. The molecule has 2 saturated heterocycles. The predicted octanol–water partition coefficient (Wildman–Crippen LogP) is 2.90. The van der Waals surface area contributed by atoms with E-state index in [0.29, 0.717) is 39.1 Å². The van der Waals surface area contributed by atoms with Crippen LogP contribution in [0.5, 0.6) is 0 Å². The fraction of sp³-hybridized carbons (Fsp3) is 0.652. The van der Waals surface area contributed by atoms with Crippen LogP contribution in [0.1, 0.15) is 45.6 Å². The summed E-state index contributed by atoms with van der Waals surface area (Å²) >= 11 is 0. The molecular formula is C23H33ClF2N4O4. The van der Waals surface area contributed by atoms with Crippen molar-refractivity contribution in [3.05, 3.63) is 34.3 Å². The van der Waals surface area contributed by atoms with Crippen molar-refractivity contribution in [2.45, 2.75) is 51.2 Å². The van der Waals surface area contributed by atoms with E-state index in [0.717, 1.165) is 42.6 Å². The Morgan fingerprint density at radius 2 is 1.76 bits per heavy atom. The highest BCUT2D eigenvalue weighted by molar-refractivity contribution is 5.89. The van der Waals surface area contributed by atoms with Crippen molar-refractivity contribution in [2.75, 3.05) is 39.4 Å². The number of benzene rings is 1. The van der Waals surface area contributed by atoms with Gasteiger partial charge >= 0.3 is 11.7 Å². The lowest BCUT2D eigenvalue weighted by Crippen LogP contribution is -2.49. The van der Waals surface area contributed by atoms with Crippen LogP contribution in [0.2, 0.25) is 0 Å². The van der Waals surface area contributed by atoms with Gasteiger partial charge in [0.15, 0.2) is 11.6 Å². The number of fused-ring (bicyclic) bond motifs is 1. The van der Waals surface area contributed by atoms with Crippen LogP contribution in [-0.2, 0) is 4.74 Å². The third kappa shape index (κ3) is 5.45. The van der Waals surface area contributed by atoms with Crippen LogP contribution in [0.25, 0.3) is 11.0 Å². The number of imidazole rings is 1. The Kier molecular flexibility index (Phi) is 8.38. The molecule has 0 saturated carbocycles. The molecule has 0 spiro atoms. The van der Waals surface area contributed by atoms with Crippen molar-refractivity contribution in [3.8, 4) is 0 Å². The molecule has 0 unspecified atom stereocenters. The molecule has 34 heavy (non-hydrogen) atoms. The van der Waals surface area contributed by atoms with Crippen molar-refractivity contribution >= 4 is 29.5 Å². The van der Waals surface area contributed by atoms with Gasteiger partial charge in [0.05, 0.1) is 16.6 Å². The van der Waals surface area contributed by atoms with Gasteiger partial charge in [-0.15, -0.1) is 12.4 Å². The summed E-state index contributed by atoms with van der Waals surface area (Å²) in [5.41, 5.74) is -1.09. The maximum Gasteiger partial charge on any atom is 0.337 e. The number of β-amino-alcohol motifs (C(OH)–C–C–N with tert-alkyl or cyclic N) is 1. The number of halogens is 3. The smallest absolute Gasteiger partial charge is 0.337 e. The van der Waals surface area contributed by atoms with Gasteiger partial charge in [0, 0.05) is 57.3 Å². The number of aliphatic hydroxyl groups is 1. The van der Waals surface area contributed by atoms with Gasteiger partial charge in [0.2, 0.25) is 0 Å². The summed E-state index contributed by atoms with van der Waals surface area (Å²) in [5, 5.41) is 13.5. The molecule has 2 N–H and O–H groups in total. The number of ether oxygens (including phenoxy) is 1. The second kappa shape index (κ2) is 10.7. The number of carbonyl (C=O) groups excluding carboxylic acids is 1. The fourth-order valence-electron chi connectivity index (χ4n) is 4.89. The summed E-state index contributed by atoms with van der Waals surface area (Å²) in [6, 6.07) is 0.880. The van der Waals surface area contributed by atoms with E-state index < -0.39 is 29.0 Å². The van der Waals surface area contributed by atoms with Gasteiger partial charge in [-0.1, -0.05) is 0 Å². The number of hydrogen-bond donors (Lipinski definition) is 2. The number of piperidine rings is 1. The molecule has 0 aliphatic carbocycles. The van der Waals surface area contributed by atoms with E-state index in [1.165, 1.54) is 4.57 Å². The van der Waals surface area contributed by atoms with Crippen molar-refractivity contribution in [3.63, 3.8) is 0 Å². The third-order valence-corrected chi connectivity index (χ3v) is 6.83. The zero-order chi connectivity index (χ0) is 23.8. The molecule has 0 bridgehead atoms. The van der Waals surface area contributed by atoms with Gasteiger partial charge in [-0.3, -0.25) is 4.57 Å². The monoisotopic (exact) mass is 502 g/mol. The van der Waals surface area contributed by atoms with E-state index in [4.69, 9.17) is 4.74 Å². The number of aromatic nitrogens is 2. The van der Waals surface area contributed by atoms with Crippen LogP contribution in [-0.4, -0.2) is 70.2 Å². The summed E-state index contributed by atoms with van der Waals surface area (Å²) in [4.78, 5) is 28.0. The Labute approximate surface area is 203 Å². The second-order valence-corrected chi connectivity index (χ2v) is 9.58. The number of rotatable bonds is 5. The van der Waals surface area contributed by atoms with Crippen LogP contribution >= 0.6 is 12.4 Å². The van der Waals surface area contributed by atoms with E-state index in [2.05, 4.69) is 10.2 Å². The Morgan fingerprint density at radius 3 is 2.35 bits per heavy atom. The van der Waals surface area contributed by atoms with Gasteiger partial charge in [0.25, 0.3) is 0 Å². The molecule has 2 aliphatic heterocycles. The average molecular weight is 503 g/mol. The Morgan fingerprint density at radius 1 is 1.18 bits per heavy atom. The first-order valence-electron chi connectivity index (χ1n) is 11.6. The maximum atomic E-state index is 13.9. The Bertz CT molecular complexity index is 1070. The van der Waals surface area contributed by atoms with Crippen LogP contribution in [0.15, 0.2) is 16.9 Å². The van der Waals surface area contributed by atoms with Crippen molar-refractivity contribution < 1.29 is 23.4 Å². The molecule has 2 aromatic rings. The van der Waals surface area contributed by atoms with E-state index in [9.17, 15) is 23.5 Å². The molecule has 0 atom stereocenters. The Balaban J connectivity index is 0.00000324. The number of amides is 1. The van der Waals surface area contributed by atoms with Gasteiger partial charge in [0.1, 0.15) is 0 Å². The van der Waals surface area contributed by atoms with E-state index >= 15 is 0 Å². The summed E-state index contributed by atoms with van der Waals surface area (Å²) in [6.07, 6.45) is 3.00. The number of hydrogen-bond acceptors (Lipinski definition) is 5. The number of likely N-dealkylation sites (tertiary alicyclic amines) is 1. The minimum atomic E-state index is -1.11. The molecule has 0 radical (unpaired) electrons. The molecule has 190 valence electrons. The molecule has 1 aromatic heterocycles. The van der Waals surface area contributed by atoms with E-state index in [1.807, 2.05) is 0 Å². The lowest BCUT2D eigenvalue weighted by atomic mass is 9.91. The molecular weight excluding hydrogens is 470 g/mol. The quantitative estimate of drug-likeness (QED) is 0.656. The van der Waals surface area contributed by atoms with Crippen molar-refractivity contribution in [1.82, 2.24) is 19.4 Å². The largest absolute Gasteiger partial charge is 0.388 e. The van der Waals surface area contributed by atoms with E-state index in [1.54, 1.807) is 13.8 Å². The maximum absolute atomic E-state index is 13.9. The molecule has 1 aromatic carbocycles. The summed E-state index contributed by atoms with van der Waals surface area (Å²) in [5.74, 6) is -1.94. The normalized spacial score (nSPS) is 19.4. The SMILES string of the molecule is CC(C)n1c(=O)n(C(=O)NCC2CCN(CC3(O)CCOCC3)CC2)c2cc(F)c(F)cc21.Cl. The Hall–Kier alpha value is -2.01. The van der Waals surface area contributed by atoms with Crippen molar-refractivity contribution in [1.29, 1.82) is 0 Å². The van der Waals surface area contributed by atoms with Crippen LogP contribution in [0, 0.1) is 17.6 Å². The lowest BCUT2D eigenvalue weighted by Gasteiger charge is -2.39. The minimum Gasteiger partial charge on any atom is -0.388 e. The zero-order valence-corrected chi connectivity index (χ0v) is 20.4. The molecule has 8 nitrogen and oxygen atoms in total. The molecule has 3 heterocycles. The first-order chi connectivity index (χ1) is 15.7. The van der Waals surface area contributed by atoms with Gasteiger partial charge < -0.3 is 20.1 Å². The van der Waals surface area contributed by atoms with Crippen LogP contribution in [0.3, 0.4) is 0 Å². The van der Waals surface area contributed by atoms with Crippen molar-refractivity contribution in [2.24, 2.45) is 5.92 Å².